The number of rotatable bonds is 3. The molecule has 0 aliphatic carbocycles. The summed E-state index contributed by atoms with van der Waals surface area (Å²) in [5, 5.41) is 2.78. The second-order valence-electron chi connectivity index (χ2n) is 9.51. The monoisotopic (exact) mass is 491 g/mol. The molecule has 2 fully saturated rings. The number of carbonyl (C=O) groups is 4. The van der Waals surface area contributed by atoms with E-state index in [1.54, 1.807) is 7.11 Å². The van der Waals surface area contributed by atoms with E-state index in [0.717, 1.165) is 26.7 Å². The van der Waals surface area contributed by atoms with Crippen LogP contribution in [-0.2, 0) is 20.8 Å². The molecule has 5 rings (SSSR count). The molecule has 188 valence electrons. The predicted molar refractivity (Wildman–Crippen MR) is 134 cm³/mol. The Hall–Kier alpha value is -4.08. The number of piperazine rings is 1. The number of para-hydroxylation sites is 2. The van der Waals surface area contributed by atoms with E-state index >= 15 is 0 Å². The highest BCUT2D eigenvalue weighted by molar-refractivity contribution is 6.20. The maximum Gasteiger partial charge on any atom is 0.332 e. The van der Waals surface area contributed by atoms with Gasteiger partial charge in [0.25, 0.3) is 0 Å². The normalized spacial score (nSPS) is 20.9. The highest BCUT2D eigenvalue weighted by Gasteiger charge is 2.64. The minimum absolute atomic E-state index is 0.121. The number of benzene rings is 2. The van der Waals surface area contributed by atoms with Crippen LogP contribution in [0.2, 0.25) is 0 Å². The molecule has 0 aromatic heterocycles. The second kappa shape index (κ2) is 8.54. The van der Waals surface area contributed by atoms with E-state index in [1.165, 1.54) is 21.0 Å². The van der Waals surface area contributed by atoms with Crippen molar-refractivity contribution < 1.29 is 23.9 Å². The zero-order valence-electron chi connectivity index (χ0n) is 20.8. The Balaban J connectivity index is 1.65. The molecule has 0 radical (unpaired) electrons. The van der Waals surface area contributed by atoms with Crippen LogP contribution in [0.5, 0.6) is 5.75 Å². The van der Waals surface area contributed by atoms with E-state index in [2.05, 4.69) is 15.1 Å². The van der Waals surface area contributed by atoms with E-state index in [1.807, 2.05) is 42.5 Å². The number of imide groups is 2. The molecular formula is C26H29N5O5. The van der Waals surface area contributed by atoms with Crippen molar-refractivity contribution in [1.29, 1.82) is 0 Å². The fourth-order valence-electron chi connectivity index (χ4n) is 5.83. The summed E-state index contributed by atoms with van der Waals surface area (Å²) in [7, 11) is 4.46. The first-order valence-corrected chi connectivity index (χ1v) is 11.8. The molecule has 5 amide bonds. The van der Waals surface area contributed by atoms with Crippen LogP contribution in [0.3, 0.4) is 0 Å². The topological polar surface area (TPSA) is 102 Å². The van der Waals surface area contributed by atoms with Gasteiger partial charge >= 0.3 is 6.03 Å². The summed E-state index contributed by atoms with van der Waals surface area (Å²) < 4.78 is 5.58. The van der Waals surface area contributed by atoms with Crippen LogP contribution < -0.4 is 19.9 Å². The third-order valence-corrected chi connectivity index (χ3v) is 7.50. The van der Waals surface area contributed by atoms with Gasteiger partial charge in [-0.15, -0.1) is 0 Å². The van der Waals surface area contributed by atoms with Crippen LogP contribution in [0.15, 0.2) is 42.5 Å². The van der Waals surface area contributed by atoms with Crippen LogP contribution in [0.4, 0.5) is 21.9 Å². The van der Waals surface area contributed by atoms with Gasteiger partial charge < -0.3 is 19.9 Å². The van der Waals surface area contributed by atoms with Crippen molar-refractivity contribution in [3.05, 3.63) is 48.0 Å². The summed E-state index contributed by atoms with van der Waals surface area (Å²) >= 11 is 0. The lowest BCUT2D eigenvalue weighted by Crippen LogP contribution is -2.74. The van der Waals surface area contributed by atoms with Crippen LogP contribution in [0, 0.1) is 5.41 Å². The molecular weight excluding hydrogens is 462 g/mol. The zero-order valence-corrected chi connectivity index (χ0v) is 20.8. The summed E-state index contributed by atoms with van der Waals surface area (Å²) in [6.45, 7) is 3.02. The fourth-order valence-corrected chi connectivity index (χ4v) is 5.83. The molecule has 10 nitrogen and oxygen atoms in total. The molecule has 10 heteroatoms. The average molecular weight is 492 g/mol. The van der Waals surface area contributed by atoms with Crippen molar-refractivity contribution in [3.8, 4) is 5.75 Å². The molecule has 0 unspecified atom stereocenters. The quantitative estimate of drug-likeness (QED) is 0.655. The van der Waals surface area contributed by atoms with Gasteiger partial charge in [-0.05, 0) is 42.3 Å². The van der Waals surface area contributed by atoms with Gasteiger partial charge in [-0.3, -0.25) is 24.2 Å². The van der Waals surface area contributed by atoms with Crippen molar-refractivity contribution in [1.82, 2.24) is 9.80 Å². The number of hydrogen-bond acceptors (Lipinski definition) is 7. The number of nitrogens with one attached hydrogen (secondary N) is 1. The number of anilines is 3. The van der Waals surface area contributed by atoms with Crippen LogP contribution in [-0.4, -0.2) is 80.4 Å². The lowest BCUT2D eigenvalue weighted by molar-refractivity contribution is -0.159. The molecule has 1 atom stereocenters. The number of urea groups is 1. The first kappa shape index (κ1) is 23.7. The van der Waals surface area contributed by atoms with Gasteiger partial charge in [-0.2, -0.15) is 0 Å². The van der Waals surface area contributed by atoms with Gasteiger partial charge in [0, 0.05) is 52.0 Å². The molecule has 3 heterocycles. The van der Waals surface area contributed by atoms with E-state index in [9.17, 15) is 19.2 Å². The molecule has 0 bridgehead atoms. The first-order chi connectivity index (χ1) is 17.2. The summed E-state index contributed by atoms with van der Waals surface area (Å²) in [6.07, 6.45) is 0.121. The van der Waals surface area contributed by atoms with Crippen molar-refractivity contribution in [2.24, 2.45) is 5.41 Å². The molecule has 36 heavy (non-hydrogen) atoms. The van der Waals surface area contributed by atoms with Gasteiger partial charge in [0.1, 0.15) is 5.75 Å². The Morgan fingerprint density at radius 2 is 1.69 bits per heavy atom. The van der Waals surface area contributed by atoms with Gasteiger partial charge in [-0.25, -0.2) is 4.79 Å². The first-order valence-electron chi connectivity index (χ1n) is 11.8. The molecule has 3 aliphatic rings. The van der Waals surface area contributed by atoms with Crippen LogP contribution in [0.1, 0.15) is 12.5 Å². The average Bonchev–Trinajstić information content (AvgIpc) is 2.88. The van der Waals surface area contributed by atoms with E-state index < -0.39 is 29.3 Å². The number of hydrogen-bond donors (Lipinski definition) is 1. The highest BCUT2D eigenvalue weighted by Crippen LogP contribution is 2.48. The SMILES string of the molecule is COc1ccccc1N1CCN2c3ccc(NC(C)=O)cc3CC3(C(=O)N(C)C(=O)N(C)C3=O)[C@@H]2C1. The van der Waals surface area contributed by atoms with Gasteiger partial charge in [-0.1, -0.05) is 12.1 Å². The van der Waals surface area contributed by atoms with Crippen molar-refractivity contribution in [3.63, 3.8) is 0 Å². The second-order valence-corrected chi connectivity index (χ2v) is 9.51. The Morgan fingerprint density at radius 3 is 2.36 bits per heavy atom. The molecule has 1 N–H and O–H groups in total. The van der Waals surface area contributed by atoms with Crippen molar-refractivity contribution in [2.45, 2.75) is 19.4 Å². The minimum atomic E-state index is -1.50. The van der Waals surface area contributed by atoms with E-state index in [0.29, 0.717) is 31.1 Å². The van der Waals surface area contributed by atoms with Gasteiger partial charge in [0.05, 0.1) is 18.8 Å². The zero-order chi connectivity index (χ0) is 25.8. The standard InChI is InChI=1S/C26H29N5O5/c1-16(32)27-18-9-10-19-17(13-18)14-26(23(33)28(2)25(35)29(3)24(26)34)22-15-30(11-12-31(19)22)20-7-5-6-8-21(20)36-4/h5-10,13,22H,11-12,14-15H2,1-4H3,(H,27,32)/t22-/m0/s1. The molecule has 1 spiro atoms. The lowest BCUT2D eigenvalue weighted by Gasteiger charge is -2.56. The summed E-state index contributed by atoms with van der Waals surface area (Å²) in [5.74, 6) is -0.522. The highest BCUT2D eigenvalue weighted by atomic mass is 16.5. The number of carbonyl (C=O) groups excluding carboxylic acids is 4. The Morgan fingerprint density at radius 1 is 1.00 bits per heavy atom. The van der Waals surface area contributed by atoms with Crippen LogP contribution >= 0.6 is 0 Å². The summed E-state index contributed by atoms with van der Waals surface area (Å²) in [5.41, 5.74) is 1.68. The fraction of sp³-hybridized carbons (Fsp3) is 0.385. The largest absolute Gasteiger partial charge is 0.495 e. The minimum Gasteiger partial charge on any atom is -0.495 e. The number of nitrogens with zero attached hydrogens (tertiary/aromatic N) is 4. The molecule has 0 saturated carbocycles. The predicted octanol–water partition coefficient (Wildman–Crippen LogP) is 1.94. The maximum absolute atomic E-state index is 13.9. The van der Waals surface area contributed by atoms with E-state index in [4.69, 9.17) is 4.74 Å². The summed E-state index contributed by atoms with van der Waals surface area (Å²) in [4.78, 5) is 58.4. The number of ether oxygens (including phenoxy) is 1. The van der Waals surface area contributed by atoms with E-state index in [-0.39, 0.29) is 12.3 Å². The third kappa shape index (κ3) is 3.39. The lowest BCUT2D eigenvalue weighted by atomic mass is 9.67. The Bertz CT molecular complexity index is 1250. The molecule has 2 saturated heterocycles. The van der Waals surface area contributed by atoms with Crippen molar-refractivity contribution in [2.75, 3.05) is 56.0 Å². The van der Waals surface area contributed by atoms with Crippen LogP contribution in [0.25, 0.3) is 0 Å². The maximum atomic E-state index is 13.9. The summed E-state index contributed by atoms with van der Waals surface area (Å²) in [6, 6.07) is 12.1. The smallest absolute Gasteiger partial charge is 0.332 e. The Kier molecular flexibility index (Phi) is 5.61. The third-order valence-electron chi connectivity index (χ3n) is 7.50. The number of amides is 5. The molecule has 3 aliphatic heterocycles. The molecule has 2 aromatic rings. The molecule has 2 aromatic carbocycles. The van der Waals surface area contributed by atoms with Gasteiger partial charge in [0.15, 0.2) is 5.41 Å². The Labute approximate surface area is 209 Å². The number of barbiturate groups is 1. The van der Waals surface area contributed by atoms with Crippen molar-refractivity contribution >= 4 is 40.8 Å². The van der Waals surface area contributed by atoms with Gasteiger partial charge in [0.2, 0.25) is 17.7 Å². The number of fused-ring (bicyclic) bond motifs is 4. The number of methoxy groups -OCH3 is 1.